The van der Waals surface area contributed by atoms with Crippen molar-refractivity contribution in [2.45, 2.75) is 19.3 Å². The molecule has 0 heterocycles. The predicted molar refractivity (Wildman–Crippen MR) is 78.0 cm³/mol. The van der Waals surface area contributed by atoms with Gasteiger partial charge in [0.25, 0.3) is 5.91 Å². The highest BCUT2D eigenvalue weighted by Crippen LogP contribution is 2.32. The van der Waals surface area contributed by atoms with Gasteiger partial charge in [-0.3, -0.25) is 4.79 Å². The van der Waals surface area contributed by atoms with E-state index < -0.39 is 5.91 Å². The number of primary amides is 1. The fourth-order valence-electron chi connectivity index (χ4n) is 2.66. The molecule has 104 valence electrons. The fraction of sp³-hybridized carbons (Fsp3) is 0.500. The molecule has 1 saturated carbocycles. The highest BCUT2D eigenvalue weighted by molar-refractivity contribution is 9.10. The minimum Gasteiger partial charge on any atom is -0.492 e. The first-order valence-electron chi connectivity index (χ1n) is 6.54. The number of amides is 1. The molecule has 1 amide bonds. The summed E-state index contributed by atoms with van der Waals surface area (Å²) >= 11 is 3.37. The van der Waals surface area contributed by atoms with E-state index >= 15 is 0 Å². The van der Waals surface area contributed by atoms with Crippen LogP contribution < -0.4 is 16.2 Å². The number of ether oxygens (including phenoxy) is 1. The van der Waals surface area contributed by atoms with E-state index in [1.165, 1.54) is 12.8 Å². The second-order valence-electron chi connectivity index (χ2n) is 5.00. The zero-order chi connectivity index (χ0) is 13.8. The highest BCUT2D eigenvalue weighted by atomic mass is 79.9. The van der Waals surface area contributed by atoms with E-state index in [0.717, 1.165) is 10.9 Å². The number of carbonyl (C=O) groups excluding carboxylic acids is 1. The molecule has 1 fully saturated rings. The summed E-state index contributed by atoms with van der Waals surface area (Å²) in [7, 11) is 0. The Kier molecular flexibility index (Phi) is 4.82. The third-order valence-electron chi connectivity index (χ3n) is 3.78. The zero-order valence-corrected chi connectivity index (χ0v) is 12.4. The maximum absolute atomic E-state index is 11.4. The molecule has 1 aliphatic rings. The molecule has 0 aromatic heterocycles. The zero-order valence-electron chi connectivity index (χ0n) is 10.8. The Labute approximate surface area is 121 Å². The van der Waals surface area contributed by atoms with Crippen molar-refractivity contribution < 1.29 is 9.53 Å². The van der Waals surface area contributed by atoms with Crippen molar-refractivity contribution in [3.05, 3.63) is 28.2 Å². The lowest BCUT2D eigenvalue weighted by atomic mass is 9.97. The lowest BCUT2D eigenvalue weighted by molar-refractivity contribution is 0.0994. The van der Waals surface area contributed by atoms with Crippen molar-refractivity contribution in [3.63, 3.8) is 0 Å². The molecule has 0 aliphatic heterocycles. The highest BCUT2D eigenvalue weighted by Gasteiger charge is 2.26. The Bertz CT molecular complexity index is 465. The molecule has 4 nitrogen and oxygen atoms in total. The van der Waals surface area contributed by atoms with Crippen LogP contribution in [-0.2, 0) is 0 Å². The smallest absolute Gasteiger partial charge is 0.252 e. The van der Waals surface area contributed by atoms with Crippen LogP contribution in [0.1, 0.15) is 29.6 Å². The maximum Gasteiger partial charge on any atom is 0.252 e. The molecular formula is C14H19BrN2O2. The van der Waals surface area contributed by atoms with Crippen LogP contribution in [0.25, 0.3) is 0 Å². The van der Waals surface area contributed by atoms with Crippen LogP contribution in [0.4, 0.5) is 0 Å². The van der Waals surface area contributed by atoms with Crippen LogP contribution in [0.2, 0.25) is 0 Å². The van der Waals surface area contributed by atoms with E-state index in [0.29, 0.717) is 36.3 Å². The first-order valence-corrected chi connectivity index (χ1v) is 7.33. The van der Waals surface area contributed by atoms with Gasteiger partial charge in [-0.25, -0.2) is 0 Å². The summed E-state index contributed by atoms with van der Waals surface area (Å²) in [4.78, 5) is 11.4. The summed E-state index contributed by atoms with van der Waals surface area (Å²) < 4.78 is 6.68. The fourth-order valence-corrected chi connectivity index (χ4v) is 3.00. The standard InChI is InChI=1S/C14H19BrN2O2/c15-11-4-5-12(14(17)18)13(6-11)19-8-10-3-1-2-9(10)7-16/h4-6,9-10H,1-3,7-8,16H2,(H2,17,18). The number of halogens is 1. The number of hydrogen-bond acceptors (Lipinski definition) is 3. The minimum absolute atomic E-state index is 0.422. The van der Waals surface area contributed by atoms with Crippen LogP contribution in [0.3, 0.4) is 0 Å². The molecule has 5 heteroatoms. The molecule has 1 aliphatic carbocycles. The monoisotopic (exact) mass is 326 g/mol. The first kappa shape index (κ1) is 14.3. The summed E-state index contributed by atoms with van der Waals surface area (Å²) in [5.41, 5.74) is 11.5. The molecule has 1 aromatic carbocycles. The summed E-state index contributed by atoms with van der Waals surface area (Å²) in [6.07, 6.45) is 3.52. The SMILES string of the molecule is NCC1CCCC1COc1cc(Br)ccc1C(N)=O. The van der Waals surface area contributed by atoms with Gasteiger partial charge in [-0.05, 0) is 49.4 Å². The minimum atomic E-state index is -0.468. The largest absolute Gasteiger partial charge is 0.492 e. The van der Waals surface area contributed by atoms with Crippen molar-refractivity contribution in [3.8, 4) is 5.75 Å². The summed E-state index contributed by atoms with van der Waals surface area (Å²) in [6, 6.07) is 5.24. The van der Waals surface area contributed by atoms with Gasteiger partial charge in [-0.1, -0.05) is 22.4 Å². The topological polar surface area (TPSA) is 78.3 Å². The number of hydrogen-bond donors (Lipinski definition) is 2. The van der Waals surface area contributed by atoms with Gasteiger partial charge < -0.3 is 16.2 Å². The van der Waals surface area contributed by atoms with Crippen LogP contribution in [-0.4, -0.2) is 19.1 Å². The van der Waals surface area contributed by atoms with Crippen LogP contribution in [0.5, 0.6) is 5.75 Å². The maximum atomic E-state index is 11.4. The van der Waals surface area contributed by atoms with E-state index in [1.807, 2.05) is 0 Å². The normalized spacial score (nSPS) is 22.4. The summed E-state index contributed by atoms with van der Waals surface area (Å²) in [5, 5.41) is 0. The molecule has 1 aromatic rings. The van der Waals surface area contributed by atoms with E-state index in [2.05, 4.69) is 15.9 Å². The van der Waals surface area contributed by atoms with Gasteiger partial charge >= 0.3 is 0 Å². The van der Waals surface area contributed by atoms with E-state index in [9.17, 15) is 4.79 Å². The number of carbonyl (C=O) groups is 1. The van der Waals surface area contributed by atoms with Gasteiger partial charge in [-0.2, -0.15) is 0 Å². The molecular weight excluding hydrogens is 308 g/mol. The van der Waals surface area contributed by atoms with Crippen molar-refractivity contribution in [2.75, 3.05) is 13.2 Å². The average molecular weight is 327 g/mol. The molecule has 0 bridgehead atoms. The molecule has 19 heavy (non-hydrogen) atoms. The van der Waals surface area contributed by atoms with Crippen LogP contribution in [0, 0.1) is 11.8 Å². The predicted octanol–water partition coefficient (Wildman–Crippen LogP) is 2.30. The Morgan fingerprint density at radius 1 is 1.37 bits per heavy atom. The van der Waals surface area contributed by atoms with Crippen molar-refractivity contribution in [1.29, 1.82) is 0 Å². The van der Waals surface area contributed by atoms with E-state index in [4.69, 9.17) is 16.2 Å². The molecule has 2 unspecified atom stereocenters. The van der Waals surface area contributed by atoms with Crippen molar-refractivity contribution >= 4 is 21.8 Å². The van der Waals surface area contributed by atoms with Gasteiger partial charge in [0.1, 0.15) is 5.75 Å². The number of rotatable bonds is 5. The average Bonchev–Trinajstić information content (AvgIpc) is 2.83. The molecule has 0 radical (unpaired) electrons. The van der Waals surface area contributed by atoms with E-state index in [-0.39, 0.29) is 0 Å². The molecule has 4 N–H and O–H groups in total. The molecule has 2 atom stereocenters. The van der Waals surface area contributed by atoms with Gasteiger partial charge in [-0.15, -0.1) is 0 Å². The second-order valence-corrected chi connectivity index (χ2v) is 5.92. The summed E-state index contributed by atoms with van der Waals surface area (Å²) in [6.45, 7) is 1.30. The molecule has 2 rings (SSSR count). The van der Waals surface area contributed by atoms with Crippen molar-refractivity contribution in [2.24, 2.45) is 23.3 Å². The van der Waals surface area contributed by atoms with E-state index in [1.54, 1.807) is 18.2 Å². The molecule has 0 spiro atoms. The second kappa shape index (κ2) is 6.39. The third kappa shape index (κ3) is 3.48. The number of nitrogens with two attached hydrogens (primary N) is 2. The number of benzene rings is 1. The Balaban J connectivity index is 2.06. The van der Waals surface area contributed by atoms with Gasteiger partial charge in [0, 0.05) is 4.47 Å². The van der Waals surface area contributed by atoms with Crippen LogP contribution >= 0.6 is 15.9 Å². The first-order chi connectivity index (χ1) is 9.11. The lowest BCUT2D eigenvalue weighted by Gasteiger charge is -2.19. The van der Waals surface area contributed by atoms with Crippen molar-refractivity contribution in [1.82, 2.24) is 0 Å². The quantitative estimate of drug-likeness (QED) is 0.871. The van der Waals surface area contributed by atoms with Gasteiger partial charge in [0.05, 0.1) is 12.2 Å². The van der Waals surface area contributed by atoms with Gasteiger partial charge in [0.2, 0.25) is 0 Å². The lowest BCUT2D eigenvalue weighted by Crippen LogP contribution is -2.24. The Morgan fingerprint density at radius 3 is 2.79 bits per heavy atom. The Morgan fingerprint density at radius 2 is 2.11 bits per heavy atom. The Hall–Kier alpha value is -1.07. The third-order valence-corrected chi connectivity index (χ3v) is 4.27. The van der Waals surface area contributed by atoms with Gasteiger partial charge in [0.15, 0.2) is 0 Å². The molecule has 0 saturated heterocycles. The summed E-state index contributed by atoms with van der Waals surface area (Å²) in [5.74, 6) is 1.09. The van der Waals surface area contributed by atoms with Crippen LogP contribution in [0.15, 0.2) is 22.7 Å².